The summed E-state index contributed by atoms with van der Waals surface area (Å²) in [5.41, 5.74) is 6.54. The number of aliphatic hydroxyl groups is 1. The van der Waals surface area contributed by atoms with Crippen molar-refractivity contribution >= 4 is 34.6 Å². The minimum atomic E-state index is -1.57. The minimum Gasteiger partial charge on any atom is -0.493 e. The van der Waals surface area contributed by atoms with Crippen molar-refractivity contribution in [2.24, 2.45) is 5.41 Å². The number of unbranched alkanes of at least 4 members (excludes halogenated alkanes) is 2. The van der Waals surface area contributed by atoms with E-state index in [-0.39, 0.29) is 75.2 Å². The van der Waals surface area contributed by atoms with Crippen molar-refractivity contribution in [1.82, 2.24) is 25.4 Å². The van der Waals surface area contributed by atoms with Gasteiger partial charge in [0.15, 0.2) is 0 Å². The molecule has 0 unspecified atom stereocenters. The molecule has 0 spiro atoms. The zero-order valence-corrected chi connectivity index (χ0v) is 43.1. The molecule has 16 heteroatoms. The molecule has 0 bridgehead atoms. The van der Waals surface area contributed by atoms with Crippen molar-refractivity contribution in [3.63, 3.8) is 0 Å². The summed E-state index contributed by atoms with van der Waals surface area (Å²) in [7, 11) is 0. The smallest absolute Gasteiger partial charge is 0.246 e. The molecule has 4 aromatic rings. The van der Waals surface area contributed by atoms with Crippen LogP contribution in [0.5, 0.6) is 5.75 Å². The molecule has 7 rings (SSSR count). The number of likely N-dealkylation sites (tertiary alicyclic amines) is 1. The summed E-state index contributed by atoms with van der Waals surface area (Å²) in [6.07, 6.45) is 2.47. The summed E-state index contributed by atoms with van der Waals surface area (Å²) < 4.78 is 64.4. The number of fused-ring (bicyclic) bond motifs is 2. The molecule has 3 aromatic carbocycles. The van der Waals surface area contributed by atoms with Gasteiger partial charge in [0.05, 0.1) is 54.1 Å². The van der Waals surface area contributed by atoms with Crippen LogP contribution in [0.1, 0.15) is 121 Å². The molecule has 3 amide bonds. The van der Waals surface area contributed by atoms with E-state index < -0.39 is 58.8 Å². The lowest BCUT2D eigenvalue weighted by Crippen LogP contribution is -2.58. The third kappa shape index (κ3) is 13.3. The van der Waals surface area contributed by atoms with Crippen LogP contribution in [0.4, 0.5) is 13.2 Å². The van der Waals surface area contributed by atoms with Crippen LogP contribution < -0.4 is 15.4 Å². The Kier molecular flexibility index (Phi) is 17.5. The molecule has 1 aliphatic carbocycles. The molecule has 71 heavy (non-hydrogen) atoms. The Morgan fingerprint density at radius 1 is 0.930 bits per heavy atom. The molecule has 0 saturated carbocycles. The van der Waals surface area contributed by atoms with Crippen LogP contribution >= 0.6 is 11.3 Å². The number of hydrogen-bond acceptors (Lipinski definition) is 10. The third-order valence-corrected chi connectivity index (χ3v) is 14.6. The lowest BCUT2D eigenvalue weighted by atomic mass is 9.84. The summed E-state index contributed by atoms with van der Waals surface area (Å²) >= 11 is 1.56. The number of aliphatic hydroxyl groups excluding tert-OH is 1. The van der Waals surface area contributed by atoms with Crippen molar-refractivity contribution in [3.05, 3.63) is 111 Å². The van der Waals surface area contributed by atoms with Crippen LogP contribution in [0.25, 0.3) is 16.0 Å². The van der Waals surface area contributed by atoms with Gasteiger partial charge in [-0.1, -0.05) is 69.3 Å². The first-order chi connectivity index (χ1) is 33.7. The van der Waals surface area contributed by atoms with Gasteiger partial charge < -0.3 is 34.9 Å². The number of halogens is 3. The maximum absolute atomic E-state index is 16.1. The fourth-order valence-corrected chi connectivity index (χ4v) is 10.8. The molecule has 384 valence electrons. The van der Waals surface area contributed by atoms with Crippen LogP contribution in [0, 0.1) is 24.0 Å². The highest BCUT2D eigenvalue weighted by atomic mass is 32.1. The quantitative estimate of drug-likeness (QED) is 0.0697. The maximum Gasteiger partial charge on any atom is 0.246 e. The fourth-order valence-electron chi connectivity index (χ4n) is 10.0. The molecule has 1 saturated heterocycles. The molecule has 2 aliphatic heterocycles. The van der Waals surface area contributed by atoms with E-state index >= 15 is 13.2 Å². The van der Waals surface area contributed by atoms with Gasteiger partial charge >= 0.3 is 0 Å². The normalized spacial score (nSPS) is 20.1. The number of carbonyl (C=O) groups excluding carboxylic acids is 3. The van der Waals surface area contributed by atoms with Crippen LogP contribution in [0.2, 0.25) is 0 Å². The Labute approximate surface area is 420 Å². The topological polar surface area (TPSA) is 143 Å². The monoisotopic (exact) mass is 1000 g/mol. The first-order valence-electron chi connectivity index (χ1n) is 24.8. The number of hydrogen-bond donors (Lipinski definition) is 3. The first-order valence-corrected chi connectivity index (χ1v) is 25.7. The number of ether oxygens (including phenoxy) is 3. The zero-order valence-electron chi connectivity index (χ0n) is 42.3. The molecule has 3 heterocycles. The number of thiazole rings is 1. The maximum atomic E-state index is 16.1. The van der Waals surface area contributed by atoms with Crippen molar-refractivity contribution in [1.29, 1.82) is 0 Å². The lowest BCUT2D eigenvalue weighted by molar-refractivity contribution is -0.144. The van der Waals surface area contributed by atoms with Crippen LogP contribution in [-0.4, -0.2) is 114 Å². The lowest BCUT2D eigenvalue weighted by Gasteiger charge is -2.44. The first kappa shape index (κ1) is 53.7. The van der Waals surface area contributed by atoms with E-state index in [0.29, 0.717) is 32.3 Å². The van der Waals surface area contributed by atoms with E-state index in [1.807, 2.05) is 94.4 Å². The number of rotatable bonds is 21. The van der Waals surface area contributed by atoms with Crippen molar-refractivity contribution < 1.29 is 46.9 Å². The summed E-state index contributed by atoms with van der Waals surface area (Å²) in [6.45, 7) is 15.0. The second kappa shape index (κ2) is 23.2. The van der Waals surface area contributed by atoms with Gasteiger partial charge in [-0.25, -0.2) is 18.2 Å². The second-order valence-corrected chi connectivity index (χ2v) is 21.8. The van der Waals surface area contributed by atoms with Gasteiger partial charge in [-0.05, 0) is 106 Å². The summed E-state index contributed by atoms with van der Waals surface area (Å²) in [4.78, 5) is 49.4. The van der Waals surface area contributed by atoms with Crippen LogP contribution in [0.15, 0.2) is 71.7 Å². The van der Waals surface area contributed by atoms with Crippen LogP contribution in [-0.2, 0) is 30.3 Å². The van der Waals surface area contributed by atoms with Gasteiger partial charge in [0.1, 0.15) is 41.7 Å². The zero-order chi connectivity index (χ0) is 51.2. The van der Waals surface area contributed by atoms with Gasteiger partial charge in [0.2, 0.25) is 17.7 Å². The highest BCUT2D eigenvalue weighted by molar-refractivity contribution is 7.13. The molecule has 6 atom stereocenters. The molecule has 3 N–H and O–H groups in total. The predicted molar refractivity (Wildman–Crippen MR) is 269 cm³/mol. The molecular weight excluding hydrogens is 932 g/mol. The van der Waals surface area contributed by atoms with Crippen molar-refractivity contribution in [2.75, 3.05) is 46.1 Å². The molecule has 1 aromatic heterocycles. The Hall–Kier alpha value is -5.13. The van der Waals surface area contributed by atoms with Gasteiger partial charge in [-0.3, -0.25) is 19.3 Å². The van der Waals surface area contributed by atoms with E-state index in [2.05, 4.69) is 21.7 Å². The number of nitrogens with one attached hydrogen (secondary N) is 2. The number of amides is 3. The number of nitrogens with zero attached hydrogens (tertiary/aromatic N) is 3. The average Bonchev–Trinajstić information content (AvgIpc) is 4.03. The Balaban J connectivity index is 0.812. The molecular formula is C55H70F3N5O7S. The van der Waals surface area contributed by atoms with Gasteiger partial charge in [-0.2, -0.15) is 0 Å². The van der Waals surface area contributed by atoms with Crippen molar-refractivity contribution in [3.8, 4) is 16.2 Å². The standard InChI is InChI=1S/C55H70F3N5O7S/c1-33-24-42-41-15-11-10-14-38(41)25-43(42)49(63(33)31-55(7,8)58)48-44(56)27-40(28-45(48)57)70-21-13-9-12-20-68-22-23-69-30-47(65)61-51(54(4,5)6)53(67)62-29-39(64)26-46(62)52(66)60-34(2)36-16-18-37(19-17-36)50-35(3)59-32-71-50/h10-11,14-19,27-28,32-34,39,46,49,51,64H,9,12-13,20-26,29-31H2,1-8H3,(H,60,66)(H,61,65)/t33-,34+,39-,46+,49+,51-/m1/s1. The number of carbonyl (C=O) groups is 3. The van der Waals surface area contributed by atoms with Crippen molar-refractivity contribution in [2.45, 2.75) is 136 Å². The summed E-state index contributed by atoms with van der Waals surface area (Å²) in [5.74, 6) is -2.70. The molecule has 1 fully saturated rings. The Morgan fingerprint density at radius 3 is 2.30 bits per heavy atom. The van der Waals surface area contributed by atoms with Gasteiger partial charge in [-0.15, -0.1) is 11.3 Å². The minimum absolute atomic E-state index is 0.0310. The third-order valence-electron chi connectivity index (χ3n) is 13.6. The molecule has 3 aliphatic rings. The van der Waals surface area contributed by atoms with E-state index in [4.69, 9.17) is 14.2 Å². The molecule has 12 nitrogen and oxygen atoms in total. The second-order valence-electron chi connectivity index (χ2n) is 20.9. The highest BCUT2D eigenvalue weighted by Gasteiger charge is 2.46. The van der Waals surface area contributed by atoms with Gasteiger partial charge in [0.25, 0.3) is 0 Å². The SMILES string of the molecule is Cc1ncsc1-c1ccc([C@H](C)NC(=O)[C@@H]2C[C@@H](O)CN2C(=O)[C@@H](NC(=O)COCCOCCCCCOc2cc(F)c([C@@H]3C4=C(C[C@@H](C)N3CC(C)(C)F)c3ccccc3C4)c(F)c2)C(C)(C)C)cc1. The van der Waals surface area contributed by atoms with Crippen LogP contribution in [0.3, 0.4) is 0 Å². The van der Waals surface area contributed by atoms with E-state index in [9.17, 15) is 19.5 Å². The van der Waals surface area contributed by atoms with E-state index in [1.54, 1.807) is 11.3 Å². The summed E-state index contributed by atoms with van der Waals surface area (Å²) in [6, 6.07) is 15.2. The van der Waals surface area contributed by atoms with E-state index in [1.165, 1.54) is 30.9 Å². The number of β-amino-alcohol motifs (C(OH)–C–C–N with tert-alkyl or cyclic N) is 1. The number of aromatic nitrogens is 1. The van der Waals surface area contributed by atoms with E-state index in [0.717, 1.165) is 50.4 Å². The fraction of sp³-hybridized carbons (Fsp3) is 0.527. The highest BCUT2D eigenvalue weighted by Crippen LogP contribution is 2.50. The number of alkyl halides is 1. The van der Waals surface area contributed by atoms with Gasteiger partial charge in [0, 0.05) is 49.9 Å². The predicted octanol–water partition coefficient (Wildman–Crippen LogP) is 9.24. The Morgan fingerprint density at radius 2 is 1.62 bits per heavy atom. The summed E-state index contributed by atoms with van der Waals surface area (Å²) in [5, 5.41) is 16.4. The number of aryl methyl sites for hydroxylation is 1. The Bertz CT molecular complexity index is 2520. The molecule has 0 radical (unpaired) electrons. The average molecular weight is 1000 g/mol. The largest absolute Gasteiger partial charge is 0.493 e. The number of benzene rings is 3.